The van der Waals surface area contributed by atoms with Crippen molar-refractivity contribution in [3.05, 3.63) is 29.3 Å². The van der Waals surface area contributed by atoms with E-state index in [0.29, 0.717) is 6.61 Å². The molecule has 0 amide bonds. The minimum atomic E-state index is -1.44. The molecule has 0 N–H and O–H groups in total. The Kier molecular flexibility index (Phi) is 21.6. The molecule has 0 aromatic heterocycles. The quantitative estimate of drug-likeness (QED) is 0.230. The number of hydrogen-bond acceptors (Lipinski definition) is 5. The third-order valence-corrected chi connectivity index (χ3v) is 4.14. The summed E-state index contributed by atoms with van der Waals surface area (Å²) in [5, 5.41) is 21.8. The zero-order valence-electron chi connectivity index (χ0n) is 17.1. The third kappa shape index (κ3) is 14.8. The van der Waals surface area contributed by atoms with Crippen LogP contribution in [-0.4, -0.2) is 18.5 Å². The first kappa shape index (κ1) is 30.4. The van der Waals surface area contributed by atoms with Crippen molar-refractivity contribution < 1.29 is 127 Å². The van der Waals surface area contributed by atoms with Crippen LogP contribution in [0, 0.1) is 0 Å². The summed E-state index contributed by atoms with van der Waals surface area (Å²) in [4.78, 5) is 21.8. The smallest absolute Gasteiger partial charge is 0.545 e. The minimum absolute atomic E-state index is 0. The molecular weight excluding hydrogens is 398 g/mol. The van der Waals surface area contributed by atoms with Crippen molar-refractivity contribution in [2.75, 3.05) is 6.61 Å². The van der Waals surface area contributed by atoms with Crippen LogP contribution in [0.2, 0.25) is 0 Å². The number of rotatable bonds is 14. The molecular formula is C20H28K2O5. The van der Waals surface area contributed by atoms with E-state index in [1.54, 1.807) is 0 Å². The fourth-order valence-corrected chi connectivity index (χ4v) is 2.70. The van der Waals surface area contributed by atoms with E-state index in [1.165, 1.54) is 57.1 Å². The monoisotopic (exact) mass is 426 g/mol. The second kappa shape index (κ2) is 19.2. The van der Waals surface area contributed by atoms with Crippen molar-refractivity contribution in [3.63, 3.8) is 0 Å². The van der Waals surface area contributed by atoms with Gasteiger partial charge in [-0.2, -0.15) is 0 Å². The van der Waals surface area contributed by atoms with E-state index in [2.05, 4.69) is 6.92 Å². The van der Waals surface area contributed by atoms with Gasteiger partial charge in [0.05, 0.1) is 18.5 Å². The number of ether oxygens (including phenoxy) is 1. The topological polar surface area (TPSA) is 89.5 Å². The maximum atomic E-state index is 10.9. The zero-order valence-corrected chi connectivity index (χ0v) is 23.3. The fraction of sp³-hybridized carbons (Fsp3) is 0.600. The molecule has 140 valence electrons. The molecule has 1 aromatic rings. The Labute approximate surface area is 247 Å². The van der Waals surface area contributed by atoms with Crippen LogP contribution in [0.5, 0.6) is 5.75 Å². The molecule has 0 saturated heterocycles. The van der Waals surface area contributed by atoms with Crippen molar-refractivity contribution in [2.45, 2.75) is 71.1 Å². The van der Waals surface area contributed by atoms with E-state index < -0.39 is 11.9 Å². The molecule has 1 rings (SSSR count). The molecule has 0 heterocycles. The molecule has 0 aliphatic heterocycles. The Hall–Kier alpha value is 1.23. The molecule has 0 spiro atoms. The Morgan fingerprint density at radius 3 is 1.56 bits per heavy atom. The Bertz CT molecular complexity index is 517. The molecule has 0 saturated carbocycles. The van der Waals surface area contributed by atoms with E-state index in [9.17, 15) is 19.8 Å². The second-order valence-electron chi connectivity index (χ2n) is 6.35. The second-order valence-corrected chi connectivity index (χ2v) is 6.35. The van der Waals surface area contributed by atoms with Gasteiger partial charge in [-0.3, -0.25) is 0 Å². The van der Waals surface area contributed by atoms with Gasteiger partial charge in [-0.05, 0) is 24.6 Å². The first-order valence-electron chi connectivity index (χ1n) is 9.25. The predicted molar refractivity (Wildman–Crippen MR) is 92.4 cm³/mol. The fourth-order valence-electron chi connectivity index (χ4n) is 2.70. The van der Waals surface area contributed by atoms with Crippen LogP contribution in [0.4, 0.5) is 0 Å². The van der Waals surface area contributed by atoms with Crippen LogP contribution >= 0.6 is 0 Å². The van der Waals surface area contributed by atoms with E-state index in [0.717, 1.165) is 25.3 Å². The Morgan fingerprint density at radius 1 is 0.741 bits per heavy atom. The van der Waals surface area contributed by atoms with Crippen LogP contribution in [0.3, 0.4) is 0 Å². The molecule has 0 fully saturated rings. The summed E-state index contributed by atoms with van der Waals surface area (Å²) in [7, 11) is 0. The first-order valence-corrected chi connectivity index (χ1v) is 9.25. The number of carboxylic acids is 2. The number of hydrogen-bond donors (Lipinski definition) is 0. The molecule has 0 atom stereocenters. The van der Waals surface area contributed by atoms with Crippen molar-refractivity contribution in [3.8, 4) is 5.75 Å². The molecule has 27 heavy (non-hydrogen) atoms. The predicted octanol–water partition coefficient (Wildman–Crippen LogP) is -3.28. The van der Waals surface area contributed by atoms with Gasteiger partial charge in [0, 0.05) is 11.1 Å². The maximum absolute atomic E-state index is 10.9. The van der Waals surface area contributed by atoms with Crippen molar-refractivity contribution in [1.82, 2.24) is 0 Å². The molecule has 5 nitrogen and oxygen atoms in total. The van der Waals surface area contributed by atoms with Crippen molar-refractivity contribution in [2.24, 2.45) is 0 Å². The summed E-state index contributed by atoms with van der Waals surface area (Å²) in [6.07, 6.45) is 12.1. The summed E-state index contributed by atoms with van der Waals surface area (Å²) < 4.78 is 5.48. The van der Waals surface area contributed by atoms with Crippen LogP contribution in [0.25, 0.3) is 0 Å². The normalized spacial score (nSPS) is 9.81. The molecule has 0 aliphatic carbocycles. The number of aromatic carboxylic acids is 2. The van der Waals surface area contributed by atoms with Gasteiger partial charge in [-0.25, -0.2) is 0 Å². The molecule has 1 aromatic carbocycles. The SMILES string of the molecule is CCCCCCCCCCCCOc1cc(C(=O)[O-])cc(C(=O)[O-])c1.[K+].[K+]. The average molecular weight is 427 g/mol. The summed E-state index contributed by atoms with van der Waals surface area (Å²) in [5.41, 5.74) is -0.445. The zero-order chi connectivity index (χ0) is 18.5. The van der Waals surface area contributed by atoms with E-state index in [1.807, 2.05) is 0 Å². The minimum Gasteiger partial charge on any atom is -0.545 e. The Morgan fingerprint density at radius 2 is 1.15 bits per heavy atom. The van der Waals surface area contributed by atoms with Crippen molar-refractivity contribution >= 4 is 11.9 Å². The van der Waals surface area contributed by atoms with Gasteiger partial charge in [0.1, 0.15) is 5.75 Å². The maximum Gasteiger partial charge on any atom is 1.00 e. The standard InChI is InChI=1S/C20H30O5.2K/c1-2-3-4-5-6-7-8-9-10-11-12-25-18-14-16(19(21)22)13-17(15-18)20(23)24;;/h13-15H,2-12H2,1H3,(H,21,22)(H,23,24);;/q;2*+1/p-2. The number of unbranched alkanes of at least 4 members (excludes halogenated alkanes) is 9. The van der Waals surface area contributed by atoms with Gasteiger partial charge in [0.15, 0.2) is 0 Å². The summed E-state index contributed by atoms with van der Waals surface area (Å²) >= 11 is 0. The van der Waals surface area contributed by atoms with E-state index in [4.69, 9.17) is 4.74 Å². The molecule has 0 radical (unpaired) electrons. The van der Waals surface area contributed by atoms with E-state index >= 15 is 0 Å². The van der Waals surface area contributed by atoms with Gasteiger partial charge in [-0.15, -0.1) is 0 Å². The summed E-state index contributed by atoms with van der Waals surface area (Å²) in [5.74, 6) is -2.66. The number of carbonyl (C=O) groups excluding carboxylic acids is 2. The number of carbonyl (C=O) groups is 2. The van der Waals surface area contributed by atoms with Crippen LogP contribution in [0.1, 0.15) is 91.8 Å². The molecule has 7 heteroatoms. The molecule has 0 unspecified atom stereocenters. The third-order valence-electron chi connectivity index (χ3n) is 4.14. The van der Waals surface area contributed by atoms with Crippen LogP contribution < -0.4 is 118 Å². The number of benzene rings is 1. The van der Waals surface area contributed by atoms with Crippen LogP contribution in [0.15, 0.2) is 18.2 Å². The summed E-state index contributed by atoms with van der Waals surface area (Å²) in [6.45, 7) is 2.65. The van der Waals surface area contributed by atoms with Crippen molar-refractivity contribution in [1.29, 1.82) is 0 Å². The van der Waals surface area contributed by atoms with Gasteiger partial charge in [0.25, 0.3) is 0 Å². The number of carboxylic acid groups (broad SMARTS) is 2. The average Bonchev–Trinajstić information content (AvgIpc) is 2.59. The molecule has 0 aliphatic rings. The van der Waals surface area contributed by atoms with Gasteiger partial charge in [-0.1, -0.05) is 64.7 Å². The van der Waals surface area contributed by atoms with E-state index in [-0.39, 0.29) is 120 Å². The van der Waals surface area contributed by atoms with Gasteiger partial charge >= 0.3 is 103 Å². The van der Waals surface area contributed by atoms with Gasteiger partial charge in [0.2, 0.25) is 0 Å². The Balaban J connectivity index is 0. The first-order chi connectivity index (χ1) is 12.0. The molecule has 0 bridgehead atoms. The summed E-state index contributed by atoms with van der Waals surface area (Å²) in [6, 6.07) is 3.56. The largest absolute Gasteiger partial charge is 1.00 e. The van der Waals surface area contributed by atoms with Gasteiger partial charge < -0.3 is 24.5 Å². The van der Waals surface area contributed by atoms with Crippen LogP contribution in [-0.2, 0) is 0 Å².